The predicted molar refractivity (Wildman–Crippen MR) is 94.7 cm³/mol. The van der Waals surface area contributed by atoms with Gasteiger partial charge in [-0.05, 0) is 42.7 Å². The summed E-state index contributed by atoms with van der Waals surface area (Å²) in [5.74, 6) is 1.39. The smallest absolute Gasteiger partial charge is 0.225 e. The van der Waals surface area contributed by atoms with E-state index in [-0.39, 0.29) is 5.82 Å². The third-order valence-corrected chi connectivity index (χ3v) is 4.35. The summed E-state index contributed by atoms with van der Waals surface area (Å²) < 4.78 is 13.0. The first-order chi connectivity index (χ1) is 11.8. The summed E-state index contributed by atoms with van der Waals surface area (Å²) in [4.78, 5) is 11.7. The van der Waals surface area contributed by atoms with Gasteiger partial charge in [-0.1, -0.05) is 24.3 Å². The highest BCUT2D eigenvalue weighted by molar-refractivity contribution is 5.90. The third kappa shape index (κ3) is 3.02. The first-order valence-electron chi connectivity index (χ1n) is 8.30. The van der Waals surface area contributed by atoms with Gasteiger partial charge < -0.3 is 10.2 Å². The Kier molecular flexibility index (Phi) is 3.99. The molecule has 5 heteroatoms. The summed E-state index contributed by atoms with van der Waals surface area (Å²) in [5, 5.41) is 4.35. The Bertz CT molecular complexity index is 842. The summed E-state index contributed by atoms with van der Waals surface area (Å²) in [5.41, 5.74) is 1.94. The van der Waals surface area contributed by atoms with Crippen molar-refractivity contribution in [3.8, 4) is 0 Å². The Morgan fingerprint density at radius 1 is 0.958 bits per heavy atom. The van der Waals surface area contributed by atoms with E-state index in [0.717, 1.165) is 35.4 Å². The van der Waals surface area contributed by atoms with Crippen molar-refractivity contribution in [1.82, 2.24) is 9.97 Å². The van der Waals surface area contributed by atoms with Gasteiger partial charge in [0.2, 0.25) is 5.95 Å². The topological polar surface area (TPSA) is 41.1 Å². The largest absolute Gasteiger partial charge is 0.356 e. The van der Waals surface area contributed by atoms with Gasteiger partial charge in [0.05, 0.1) is 5.52 Å². The minimum Gasteiger partial charge on any atom is -0.356 e. The Morgan fingerprint density at radius 3 is 2.50 bits per heavy atom. The fraction of sp³-hybridized carbons (Fsp3) is 0.263. The van der Waals surface area contributed by atoms with Crippen molar-refractivity contribution in [2.45, 2.75) is 19.4 Å². The minimum absolute atomic E-state index is 0.225. The van der Waals surface area contributed by atoms with E-state index in [1.54, 1.807) is 12.1 Å². The molecule has 24 heavy (non-hydrogen) atoms. The molecule has 0 aliphatic carbocycles. The van der Waals surface area contributed by atoms with Gasteiger partial charge in [-0.15, -0.1) is 0 Å². The van der Waals surface area contributed by atoms with E-state index in [4.69, 9.17) is 4.98 Å². The summed E-state index contributed by atoms with van der Waals surface area (Å²) >= 11 is 0. The number of nitrogens with zero attached hydrogens (tertiary/aromatic N) is 3. The van der Waals surface area contributed by atoms with Crippen LogP contribution in [0.5, 0.6) is 0 Å². The first kappa shape index (κ1) is 14.9. The van der Waals surface area contributed by atoms with Crippen molar-refractivity contribution in [3.63, 3.8) is 0 Å². The molecular formula is C19H19FN4. The molecule has 1 aliphatic heterocycles. The number of hydrogen-bond donors (Lipinski definition) is 1. The molecule has 0 bridgehead atoms. The lowest BCUT2D eigenvalue weighted by Gasteiger charge is -2.19. The molecule has 2 aromatic carbocycles. The van der Waals surface area contributed by atoms with Crippen LogP contribution in [0.25, 0.3) is 10.9 Å². The van der Waals surface area contributed by atoms with Crippen LogP contribution in [-0.4, -0.2) is 23.1 Å². The van der Waals surface area contributed by atoms with Gasteiger partial charge in [0, 0.05) is 25.0 Å². The van der Waals surface area contributed by atoms with Crippen molar-refractivity contribution in [3.05, 3.63) is 59.9 Å². The van der Waals surface area contributed by atoms with Gasteiger partial charge in [0.15, 0.2) is 0 Å². The Morgan fingerprint density at radius 2 is 1.71 bits per heavy atom. The lowest BCUT2D eigenvalue weighted by molar-refractivity contribution is 0.627. The van der Waals surface area contributed by atoms with E-state index in [2.05, 4.69) is 21.3 Å². The standard InChI is InChI=1S/C19H19FN4/c20-15-9-7-14(8-10-15)13-21-19-22-17-6-2-1-5-16(17)18(23-19)24-11-3-4-12-24/h1-2,5-10H,3-4,11-13H2,(H,21,22,23). The zero-order valence-corrected chi connectivity index (χ0v) is 13.4. The summed E-state index contributed by atoms with van der Waals surface area (Å²) in [6.45, 7) is 2.65. The van der Waals surface area contributed by atoms with Gasteiger partial charge in [0.1, 0.15) is 11.6 Å². The van der Waals surface area contributed by atoms with Crippen LogP contribution in [0.15, 0.2) is 48.5 Å². The van der Waals surface area contributed by atoms with E-state index in [0.29, 0.717) is 12.5 Å². The SMILES string of the molecule is Fc1ccc(CNc2nc(N3CCCC3)c3ccccc3n2)cc1. The van der Waals surface area contributed by atoms with Crippen molar-refractivity contribution >= 4 is 22.7 Å². The zero-order valence-electron chi connectivity index (χ0n) is 13.4. The van der Waals surface area contributed by atoms with Crippen LogP contribution >= 0.6 is 0 Å². The van der Waals surface area contributed by atoms with Crippen LogP contribution in [0.1, 0.15) is 18.4 Å². The molecule has 1 aliphatic rings. The van der Waals surface area contributed by atoms with Crippen LogP contribution in [-0.2, 0) is 6.54 Å². The normalized spacial score (nSPS) is 14.3. The molecule has 0 unspecified atom stereocenters. The van der Waals surface area contributed by atoms with Gasteiger partial charge in [-0.2, -0.15) is 4.98 Å². The number of rotatable bonds is 4. The van der Waals surface area contributed by atoms with E-state index >= 15 is 0 Å². The van der Waals surface area contributed by atoms with Crippen molar-refractivity contribution < 1.29 is 4.39 Å². The Balaban J connectivity index is 1.64. The number of aromatic nitrogens is 2. The molecule has 1 saturated heterocycles. The second-order valence-electron chi connectivity index (χ2n) is 6.06. The third-order valence-electron chi connectivity index (χ3n) is 4.35. The second-order valence-corrected chi connectivity index (χ2v) is 6.06. The van der Waals surface area contributed by atoms with E-state index in [1.807, 2.05) is 18.2 Å². The molecule has 0 radical (unpaired) electrons. The van der Waals surface area contributed by atoms with Crippen LogP contribution in [0.3, 0.4) is 0 Å². The van der Waals surface area contributed by atoms with Crippen LogP contribution < -0.4 is 10.2 Å². The average Bonchev–Trinajstić information content (AvgIpc) is 3.15. The number of benzene rings is 2. The summed E-state index contributed by atoms with van der Waals surface area (Å²) in [6, 6.07) is 14.6. The summed E-state index contributed by atoms with van der Waals surface area (Å²) in [6.07, 6.45) is 2.41. The molecule has 0 spiro atoms. The maximum atomic E-state index is 13.0. The predicted octanol–water partition coefficient (Wildman–Crippen LogP) is 3.98. The number of halogens is 1. The van der Waals surface area contributed by atoms with Gasteiger partial charge in [-0.3, -0.25) is 0 Å². The van der Waals surface area contributed by atoms with Crippen LogP contribution in [0.2, 0.25) is 0 Å². The fourth-order valence-electron chi connectivity index (χ4n) is 3.09. The summed E-state index contributed by atoms with van der Waals surface area (Å²) in [7, 11) is 0. The molecule has 4 nitrogen and oxygen atoms in total. The molecule has 3 aromatic rings. The Labute approximate surface area is 140 Å². The monoisotopic (exact) mass is 322 g/mol. The molecule has 122 valence electrons. The molecule has 1 N–H and O–H groups in total. The lowest BCUT2D eigenvalue weighted by atomic mass is 10.2. The van der Waals surface area contributed by atoms with Crippen molar-refractivity contribution in [2.24, 2.45) is 0 Å². The van der Waals surface area contributed by atoms with Crippen molar-refractivity contribution in [2.75, 3.05) is 23.3 Å². The number of nitrogens with one attached hydrogen (secondary N) is 1. The molecular weight excluding hydrogens is 303 g/mol. The molecule has 2 heterocycles. The highest BCUT2D eigenvalue weighted by atomic mass is 19.1. The number of fused-ring (bicyclic) bond motifs is 1. The molecule has 0 amide bonds. The van der Waals surface area contributed by atoms with Crippen LogP contribution in [0, 0.1) is 5.82 Å². The highest BCUT2D eigenvalue weighted by Crippen LogP contribution is 2.28. The fourth-order valence-corrected chi connectivity index (χ4v) is 3.09. The van der Waals surface area contributed by atoms with E-state index < -0.39 is 0 Å². The van der Waals surface area contributed by atoms with Gasteiger partial charge in [-0.25, -0.2) is 9.37 Å². The maximum absolute atomic E-state index is 13.0. The minimum atomic E-state index is -0.225. The lowest BCUT2D eigenvalue weighted by Crippen LogP contribution is -2.20. The number of para-hydroxylation sites is 1. The second kappa shape index (κ2) is 6.43. The molecule has 1 aromatic heterocycles. The number of anilines is 2. The maximum Gasteiger partial charge on any atom is 0.225 e. The zero-order chi connectivity index (χ0) is 16.4. The van der Waals surface area contributed by atoms with Crippen molar-refractivity contribution in [1.29, 1.82) is 0 Å². The molecule has 0 atom stereocenters. The van der Waals surface area contributed by atoms with Gasteiger partial charge >= 0.3 is 0 Å². The quantitative estimate of drug-likeness (QED) is 0.789. The Hall–Kier alpha value is -2.69. The van der Waals surface area contributed by atoms with Crippen LogP contribution in [0.4, 0.5) is 16.2 Å². The van der Waals surface area contributed by atoms with E-state index in [9.17, 15) is 4.39 Å². The average molecular weight is 322 g/mol. The van der Waals surface area contributed by atoms with Gasteiger partial charge in [0.25, 0.3) is 0 Å². The highest BCUT2D eigenvalue weighted by Gasteiger charge is 2.17. The molecule has 4 rings (SSSR count). The molecule has 1 fully saturated rings. The van der Waals surface area contributed by atoms with E-state index in [1.165, 1.54) is 25.0 Å². The number of hydrogen-bond acceptors (Lipinski definition) is 4. The molecule has 0 saturated carbocycles. The first-order valence-corrected chi connectivity index (χ1v) is 8.30.